The van der Waals surface area contributed by atoms with Crippen LogP contribution in [0.3, 0.4) is 0 Å². The van der Waals surface area contributed by atoms with E-state index in [1.54, 1.807) is 0 Å². The summed E-state index contributed by atoms with van der Waals surface area (Å²) in [5.41, 5.74) is 1.20. The van der Waals surface area contributed by atoms with Crippen LogP contribution >= 0.6 is 0 Å². The molecule has 0 fully saturated rings. The summed E-state index contributed by atoms with van der Waals surface area (Å²) >= 11 is 0. The molecule has 1 unspecified atom stereocenters. The van der Waals surface area contributed by atoms with Crippen molar-refractivity contribution in [2.75, 3.05) is 6.61 Å². The molecule has 62 valence electrons. The van der Waals surface area contributed by atoms with Gasteiger partial charge in [0, 0.05) is 12.5 Å². The van der Waals surface area contributed by atoms with Crippen molar-refractivity contribution in [1.29, 1.82) is 0 Å². The molecule has 0 radical (unpaired) electrons. The fourth-order valence-corrected chi connectivity index (χ4v) is 0.887. The topological polar surface area (TPSA) is 55.2 Å². The Morgan fingerprint density at radius 2 is 1.82 bits per heavy atom. The highest BCUT2D eigenvalue weighted by Crippen LogP contribution is 2.12. The summed E-state index contributed by atoms with van der Waals surface area (Å²) in [5, 5.41) is 8.79. The fraction of sp³-hybridized carbons (Fsp3) is 0.333. The van der Waals surface area contributed by atoms with Crippen LogP contribution in [0.1, 0.15) is 18.4 Å². The first-order valence-electron chi connectivity index (χ1n) is 3.50. The Morgan fingerprint density at radius 3 is 2.27 bits per heavy atom. The van der Waals surface area contributed by atoms with Gasteiger partial charge in [0.05, 0.1) is 0 Å². The van der Waals surface area contributed by atoms with E-state index in [4.69, 9.17) is 5.11 Å². The monoisotopic (exact) mass is 153 g/mol. The van der Waals surface area contributed by atoms with Crippen LogP contribution in [0.5, 0.6) is 0 Å². The molecule has 1 aromatic rings. The number of hydrogen-bond acceptors (Lipinski definition) is 2. The Hall–Kier alpha value is -0.860. The maximum absolute atomic E-state index is 8.79. The van der Waals surface area contributed by atoms with E-state index in [1.165, 1.54) is 5.56 Å². The van der Waals surface area contributed by atoms with Gasteiger partial charge in [-0.05, 0) is 5.56 Å². The predicted octanol–water partition coefficient (Wildman–Crippen LogP) is 1.94. The molecule has 0 aromatic heterocycles. The fourth-order valence-electron chi connectivity index (χ4n) is 0.887. The third kappa shape index (κ3) is 2.70. The molecule has 0 amide bonds. The minimum absolute atomic E-state index is 0. The number of hydrogen-bond donors (Lipinski definition) is 2. The summed E-state index contributed by atoms with van der Waals surface area (Å²) in [7, 11) is 0. The standard InChI is InChI=1S/C9H12O.H3N/c1-8(7-10)9-5-3-2-4-6-9;/h2-6,8,10H,7H2,1H3;1H3. The van der Waals surface area contributed by atoms with E-state index in [2.05, 4.69) is 0 Å². The zero-order chi connectivity index (χ0) is 7.40. The Labute approximate surface area is 67.5 Å². The molecule has 2 nitrogen and oxygen atoms in total. The normalized spacial score (nSPS) is 11.8. The summed E-state index contributed by atoms with van der Waals surface area (Å²) in [4.78, 5) is 0. The van der Waals surface area contributed by atoms with Crippen molar-refractivity contribution in [3.05, 3.63) is 35.9 Å². The van der Waals surface area contributed by atoms with Crippen molar-refractivity contribution in [2.45, 2.75) is 12.8 Å². The molecular weight excluding hydrogens is 138 g/mol. The Balaban J connectivity index is 0.000001000. The number of rotatable bonds is 2. The third-order valence-electron chi connectivity index (χ3n) is 1.64. The first-order valence-corrected chi connectivity index (χ1v) is 3.50. The van der Waals surface area contributed by atoms with Crippen molar-refractivity contribution >= 4 is 0 Å². The lowest BCUT2D eigenvalue weighted by Crippen LogP contribution is -1.97. The Morgan fingerprint density at radius 1 is 1.27 bits per heavy atom. The highest BCUT2D eigenvalue weighted by molar-refractivity contribution is 5.18. The van der Waals surface area contributed by atoms with E-state index < -0.39 is 0 Å². The Bertz CT molecular complexity index is 186. The minimum Gasteiger partial charge on any atom is -0.396 e. The van der Waals surface area contributed by atoms with E-state index in [1.807, 2.05) is 37.3 Å². The lowest BCUT2D eigenvalue weighted by Gasteiger charge is -2.05. The van der Waals surface area contributed by atoms with Crippen LogP contribution in [-0.2, 0) is 0 Å². The molecule has 11 heavy (non-hydrogen) atoms. The average Bonchev–Trinajstić information content (AvgIpc) is 2.05. The van der Waals surface area contributed by atoms with E-state index in [-0.39, 0.29) is 18.7 Å². The maximum Gasteiger partial charge on any atom is 0.0497 e. The van der Waals surface area contributed by atoms with Gasteiger partial charge < -0.3 is 11.3 Å². The molecule has 1 rings (SSSR count). The summed E-state index contributed by atoms with van der Waals surface area (Å²) in [6, 6.07) is 10.0. The largest absolute Gasteiger partial charge is 0.396 e. The molecule has 4 N–H and O–H groups in total. The molecule has 0 saturated carbocycles. The smallest absolute Gasteiger partial charge is 0.0497 e. The first-order chi connectivity index (χ1) is 4.84. The van der Waals surface area contributed by atoms with E-state index in [0.29, 0.717) is 0 Å². The van der Waals surface area contributed by atoms with E-state index >= 15 is 0 Å². The van der Waals surface area contributed by atoms with Crippen LogP contribution < -0.4 is 6.15 Å². The first kappa shape index (κ1) is 10.1. The van der Waals surface area contributed by atoms with Crippen LogP contribution in [0.2, 0.25) is 0 Å². The van der Waals surface area contributed by atoms with Crippen molar-refractivity contribution < 1.29 is 5.11 Å². The maximum atomic E-state index is 8.79. The van der Waals surface area contributed by atoms with Crippen molar-refractivity contribution in [3.8, 4) is 0 Å². The highest BCUT2D eigenvalue weighted by atomic mass is 16.3. The molecule has 0 saturated heterocycles. The second-order valence-corrected chi connectivity index (χ2v) is 2.49. The molecule has 1 atom stereocenters. The van der Waals surface area contributed by atoms with Crippen LogP contribution in [0, 0.1) is 0 Å². The molecule has 2 heteroatoms. The van der Waals surface area contributed by atoms with Gasteiger partial charge in [0.25, 0.3) is 0 Å². The quantitative estimate of drug-likeness (QED) is 0.682. The van der Waals surface area contributed by atoms with Gasteiger partial charge in [-0.1, -0.05) is 37.3 Å². The lowest BCUT2D eigenvalue weighted by atomic mass is 10.0. The van der Waals surface area contributed by atoms with Crippen molar-refractivity contribution in [1.82, 2.24) is 6.15 Å². The van der Waals surface area contributed by atoms with Gasteiger partial charge in [0.1, 0.15) is 0 Å². The zero-order valence-corrected chi connectivity index (χ0v) is 6.83. The van der Waals surface area contributed by atoms with E-state index in [0.717, 1.165) is 0 Å². The summed E-state index contributed by atoms with van der Waals surface area (Å²) < 4.78 is 0. The molecule has 0 heterocycles. The summed E-state index contributed by atoms with van der Waals surface area (Å²) in [5.74, 6) is 0.265. The van der Waals surface area contributed by atoms with Gasteiger partial charge in [-0.3, -0.25) is 0 Å². The van der Waals surface area contributed by atoms with Gasteiger partial charge >= 0.3 is 0 Å². The Kier molecular flexibility index (Phi) is 4.50. The zero-order valence-electron chi connectivity index (χ0n) is 6.83. The molecule has 0 aliphatic rings. The van der Waals surface area contributed by atoms with Crippen LogP contribution in [-0.4, -0.2) is 11.7 Å². The number of aliphatic hydroxyl groups excluding tert-OH is 1. The van der Waals surface area contributed by atoms with Crippen molar-refractivity contribution in [3.63, 3.8) is 0 Å². The van der Waals surface area contributed by atoms with Crippen LogP contribution in [0.25, 0.3) is 0 Å². The third-order valence-corrected chi connectivity index (χ3v) is 1.64. The lowest BCUT2D eigenvalue weighted by molar-refractivity contribution is 0.273. The van der Waals surface area contributed by atoms with Gasteiger partial charge in [0.15, 0.2) is 0 Å². The van der Waals surface area contributed by atoms with Gasteiger partial charge in [-0.15, -0.1) is 0 Å². The molecule has 0 aliphatic carbocycles. The molecule has 1 aromatic carbocycles. The summed E-state index contributed by atoms with van der Waals surface area (Å²) in [6.45, 7) is 2.24. The predicted molar refractivity (Wildman–Crippen MR) is 47.0 cm³/mol. The summed E-state index contributed by atoms with van der Waals surface area (Å²) in [6.07, 6.45) is 0. The molecule has 0 spiro atoms. The van der Waals surface area contributed by atoms with E-state index in [9.17, 15) is 0 Å². The van der Waals surface area contributed by atoms with Crippen LogP contribution in [0.4, 0.5) is 0 Å². The second kappa shape index (κ2) is 4.88. The van der Waals surface area contributed by atoms with Crippen molar-refractivity contribution in [2.24, 2.45) is 0 Å². The number of aliphatic hydroxyl groups is 1. The molecule has 0 aliphatic heterocycles. The second-order valence-electron chi connectivity index (χ2n) is 2.49. The number of benzene rings is 1. The highest BCUT2D eigenvalue weighted by Gasteiger charge is 2.00. The van der Waals surface area contributed by atoms with Gasteiger partial charge in [0.2, 0.25) is 0 Å². The average molecular weight is 153 g/mol. The van der Waals surface area contributed by atoms with Gasteiger partial charge in [-0.25, -0.2) is 0 Å². The molecular formula is C9H15NO. The van der Waals surface area contributed by atoms with Gasteiger partial charge in [-0.2, -0.15) is 0 Å². The van der Waals surface area contributed by atoms with Crippen LogP contribution in [0.15, 0.2) is 30.3 Å². The minimum atomic E-state index is 0. The molecule has 0 bridgehead atoms. The SMILES string of the molecule is CC(CO)c1ccccc1.N.